The number of rotatable bonds is 4. The van der Waals surface area contributed by atoms with E-state index in [-0.39, 0.29) is 12.4 Å². The van der Waals surface area contributed by atoms with Crippen molar-refractivity contribution in [1.82, 2.24) is 15.1 Å². The van der Waals surface area contributed by atoms with Gasteiger partial charge >= 0.3 is 0 Å². The molecule has 122 valence electrons. The first-order chi connectivity index (χ1) is 10.2. The third-order valence-electron chi connectivity index (χ3n) is 4.71. The number of fused-ring (bicyclic) bond motifs is 1. The van der Waals surface area contributed by atoms with Gasteiger partial charge in [-0.15, -0.1) is 12.4 Å². The normalized spacial score (nSPS) is 21.8. The van der Waals surface area contributed by atoms with Crippen LogP contribution in [0.25, 0.3) is 10.9 Å². The molecule has 1 aromatic carbocycles. The van der Waals surface area contributed by atoms with E-state index in [0.29, 0.717) is 12.1 Å². The lowest BCUT2D eigenvalue weighted by Crippen LogP contribution is -2.35. The molecule has 1 aromatic heterocycles. The fourth-order valence-electron chi connectivity index (χ4n) is 3.39. The molecule has 3 rings (SSSR count). The lowest BCUT2D eigenvalue weighted by atomic mass is 9.92. The Morgan fingerprint density at radius 1 is 1.23 bits per heavy atom. The minimum absolute atomic E-state index is 0. The molecule has 0 amide bonds. The predicted molar refractivity (Wildman–Crippen MR) is 93.1 cm³/mol. The summed E-state index contributed by atoms with van der Waals surface area (Å²) in [4.78, 5) is 2.34. The molecule has 0 saturated heterocycles. The van der Waals surface area contributed by atoms with E-state index >= 15 is 0 Å². The lowest BCUT2D eigenvalue weighted by molar-refractivity contribution is 0.110. The van der Waals surface area contributed by atoms with Gasteiger partial charge in [-0.05, 0) is 58.3 Å². The van der Waals surface area contributed by atoms with E-state index in [9.17, 15) is 0 Å². The van der Waals surface area contributed by atoms with Crippen molar-refractivity contribution in [2.24, 2.45) is 0 Å². The average molecular weight is 324 g/mol. The third kappa shape index (κ3) is 3.39. The number of ether oxygens (including phenoxy) is 1. The van der Waals surface area contributed by atoms with E-state index in [1.807, 2.05) is 6.20 Å². The maximum Gasteiger partial charge on any atom is 0.123 e. The SMILES string of the molecule is CCc1c(OC2CCC(N(C)C)CC2)ccc2[nH]ncc12.Cl. The first kappa shape index (κ1) is 17.1. The van der Waals surface area contributed by atoms with Gasteiger partial charge in [0, 0.05) is 17.0 Å². The number of hydrogen-bond donors (Lipinski definition) is 1. The predicted octanol–water partition coefficient (Wildman–Crippen LogP) is 3.80. The fourth-order valence-corrected chi connectivity index (χ4v) is 3.39. The molecular weight excluding hydrogens is 298 g/mol. The zero-order valence-electron chi connectivity index (χ0n) is 13.6. The third-order valence-corrected chi connectivity index (χ3v) is 4.71. The van der Waals surface area contributed by atoms with Crippen LogP contribution in [0.4, 0.5) is 0 Å². The van der Waals surface area contributed by atoms with Gasteiger partial charge in [-0.2, -0.15) is 5.10 Å². The summed E-state index contributed by atoms with van der Waals surface area (Å²) in [6.07, 6.45) is 7.99. The van der Waals surface area contributed by atoms with Gasteiger partial charge in [0.05, 0.1) is 17.8 Å². The van der Waals surface area contributed by atoms with Crippen LogP contribution in [-0.4, -0.2) is 41.3 Å². The summed E-state index contributed by atoms with van der Waals surface area (Å²) >= 11 is 0. The number of aromatic amines is 1. The highest BCUT2D eigenvalue weighted by atomic mass is 35.5. The van der Waals surface area contributed by atoms with Crippen molar-refractivity contribution >= 4 is 23.3 Å². The first-order valence-corrected chi connectivity index (χ1v) is 7.97. The molecule has 1 aliphatic rings. The van der Waals surface area contributed by atoms with Gasteiger partial charge < -0.3 is 9.64 Å². The molecule has 1 fully saturated rings. The fraction of sp³-hybridized carbons (Fsp3) is 0.588. The number of hydrogen-bond acceptors (Lipinski definition) is 3. The Balaban J connectivity index is 0.00000176. The van der Waals surface area contributed by atoms with Crippen LogP contribution in [0, 0.1) is 0 Å². The summed E-state index contributed by atoms with van der Waals surface area (Å²) in [6.45, 7) is 2.18. The molecule has 0 radical (unpaired) electrons. The van der Waals surface area contributed by atoms with Gasteiger partial charge in [-0.1, -0.05) is 6.92 Å². The zero-order valence-corrected chi connectivity index (χ0v) is 14.4. The highest BCUT2D eigenvalue weighted by Gasteiger charge is 2.24. The van der Waals surface area contributed by atoms with Crippen LogP contribution in [0.5, 0.6) is 5.75 Å². The smallest absolute Gasteiger partial charge is 0.123 e. The maximum atomic E-state index is 6.32. The highest BCUT2D eigenvalue weighted by molar-refractivity contribution is 5.85. The minimum atomic E-state index is 0. The highest BCUT2D eigenvalue weighted by Crippen LogP contribution is 2.31. The molecule has 22 heavy (non-hydrogen) atoms. The number of nitrogens with zero attached hydrogens (tertiary/aromatic N) is 2. The standard InChI is InChI=1S/C17H25N3O.ClH/c1-4-14-15-11-18-19-16(15)9-10-17(14)21-13-7-5-12(6-8-13)20(2)3;/h9-13H,4-8H2,1-3H3,(H,18,19);1H. The molecule has 1 saturated carbocycles. The number of halogens is 1. The number of aryl methyl sites for hydroxylation is 1. The summed E-state index contributed by atoms with van der Waals surface area (Å²) < 4.78 is 6.32. The molecule has 0 aliphatic heterocycles. The van der Waals surface area contributed by atoms with E-state index in [1.54, 1.807) is 0 Å². The Kier molecular flexibility index (Phi) is 5.70. The van der Waals surface area contributed by atoms with Crippen molar-refractivity contribution in [2.45, 2.75) is 51.2 Å². The number of aromatic nitrogens is 2. The average Bonchev–Trinajstić information content (AvgIpc) is 2.96. The Morgan fingerprint density at radius 2 is 1.95 bits per heavy atom. The quantitative estimate of drug-likeness (QED) is 0.930. The topological polar surface area (TPSA) is 41.1 Å². The van der Waals surface area contributed by atoms with E-state index in [1.165, 1.54) is 23.8 Å². The second-order valence-corrected chi connectivity index (χ2v) is 6.24. The van der Waals surface area contributed by atoms with Crippen LogP contribution in [-0.2, 0) is 6.42 Å². The van der Waals surface area contributed by atoms with Crippen LogP contribution < -0.4 is 4.74 Å². The van der Waals surface area contributed by atoms with Crippen LogP contribution in [0.3, 0.4) is 0 Å². The van der Waals surface area contributed by atoms with Gasteiger partial charge in [0.2, 0.25) is 0 Å². The second-order valence-electron chi connectivity index (χ2n) is 6.24. The van der Waals surface area contributed by atoms with Crippen LogP contribution in [0.1, 0.15) is 38.2 Å². The van der Waals surface area contributed by atoms with Crippen molar-refractivity contribution in [2.75, 3.05) is 14.1 Å². The molecule has 0 bridgehead atoms. The number of H-pyrrole nitrogens is 1. The van der Waals surface area contributed by atoms with Crippen LogP contribution in [0.2, 0.25) is 0 Å². The molecule has 0 atom stereocenters. The summed E-state index contributed by atoms with van der Waals surface area (Å²) in [5, 5.41) is 8.37. The van der Waals surface area contributed by atoms with Gasteiger partial charge in [0.1, 0.15) is 5.75 Å². The summed E-state index contributed by atoms with van der Waals surface area (Å²) in [6, 6.07) is 4.88. The van der Waals surface area contributed by atoms with E-state index in [0.717, 1.165) is 30.5 Å². The van der Waals surface area contributed by atoms with Gasteiger partial charge in [0.25, 0.3) is 0 Å². The summed E-state index contributed by atoms with van der Waals surface area (Å²) in [7, 11) is 4.35. The molecule has 1 heterocycles. The van der Waals surface area contributed by atoms with Crippen molar-refractivity contribution in [1.29, 1.82) is 0 Å². The van der Waals surface area contributed by atoms with Crippen LogP contribution in [0.15, 0.2) is 18.3 Å². The van der Waals surface area contributed by atoms with E-state index in [4.69, 9.17) is 4.74 Å². The molecule has 0 spiro atoms. The molecule has 4 nitrogen and oxygen atoms in total. The Labute approximate surface area is 138 Å². The Morgan fingerprint density at radius 3 is 2.59 bits per heavy atom. The van der Waals surface area contributed by atoms with Crippen molar-refractivity contribution in [3.63, 3.8) is 0 Å². The maximum absolute atomic E-state index is 6.32. The van der Waals surface area contributed by atoms with Gasteiger partial charge in [-0.25, -0.2) is 0 Å². The molecule has 1 aliphatic carbocycles. The molecule has 1 N–H and O–H groups in total. The minimum Gasteiger partial charge on any atom is -0.490 e. The summed E-state index contributed by atoms with van der Waals surface area (Å²) in [5.74, 6) is 1.04. The zero-order chi connectivity index (χ0) is 14.8. The van der Waals surface area contributed by atoms with Gasteiger partial charge in [0.15, 0.2) is 0 Å². The summed E-state index contributed by atoms with van der Waals surface area (Å²) in [5.41, 5.74) is 2.37. The van der Waals surface area contributed by atoms with Crippen molar-refractivity contribution < 1.29 is 4.74 Å². The molecular formula is C17H26ClN3O. The Bertz CT molecular complexity index is 603. The molecule has 2 aromatic rings. The monoisotopic (exact) mass is 323 g/mol. The second kappa shape index (κ2) is 7.34. The molecule has 5 heteroatoms. The molecule has 0 unspecified atom stereocenters. The number of benzene rings is 1. The van der Waals surface area contributed by atoms with Crippen LogP contribution >= 0.6 is 12.4 Å². The lowest BCUT2D eigenvalue weighted by Gasteiger charge is -2.33. The van der Waals surface area contributed by atoms with E-state index < -0.39 is 0 Å². The van der Waals surface area contributed by atoms with Crippen molar-refractivity contribution in [3.05, 3.63) is 23.9 Å². The van der Waals surface area contributed by atoms with Crippen molar-refractivity contribution in [3.8, 4) is 5.75 Å². The van der Waals surface area contributed by atoms with Gasteiger partial charge in [-0.3, -0.25) is 5.10 Å². The van der Waals surface area contributed by atoms with E-state index in [2.05, 4.69) is 48.2 Å². The number of nitrogens with one attached hydrogen (secondary N) is 1. The first-order valence-electron chi connectivity index (χ1n) is 7.97. The largest absolute Gasteiger partial charge is 0.490 e. The Hall–Kier alpha value is -1.26.